The van der Waals surface area contributed by atoms with Gasteiger partial charge in [0.1, 0.15) is 12.4 Å². The van der Waals surface area contributed by atoms with E-state index in [-0.39, 0.29) is 6.61 Å². The first-order chi connectivity index (χ1) is 14.4. The summed E-state index contributed by atoms with van der Waals surface area (Å²) < 4.78 is 18.6. The number of carboxylic acid groups (broad SMARTS) is 1. The Labute approximate surface area is 194 Å². The van der Waals surface area contributed by atoms with E-state index in [0.717, 1.165) is 16.8 Å². The van der Waals surface area contributed by atoms with Gasteiger partial charge in [-0.25, -0.2) is 4.79 Å². The Morgan fingerprint density at radius 3 is 2.06 bits per heavy atom. The summed E-state index contributed by atoms with van der Waals surface area (Å²) in [5.74, 6) is 1.05. The van der Waals surface area contributed by atoms with Crippen molar-refractivity contribution < 1.29 is 23.9 Å². The molecule has 1 atom stereocenters. The van der Waals surface area contributed by atoms with E-state index < -0.39 is 35.5 Å². The summed E-state index contributed by atoms with van der Waals surface area (Å²) in [6, 6.07) is 5.91. The topological polar surface area (TPSA) is 68.2 Å². The third-order valence-corrected chi connectivity index (χ3v) is 6.51. The highest BCUT2D eigenvalue weighted by Gasteiger charge is 2.51. The summed E-state index contributed by atoms with van der Waals surface area (Å²) in [6.45, 7) is 22.4. The van der Waals surface area contributed by atoms with Crippen LogP contribution in [0.5, 0.6) is 5.75 Å². The van der Waals surface area contributed by atoms with Crippen LogP contribution in [0, 0.1) is 12.8 Å². The van der Waals surface area contributed by atoms with Crippen LogP contribution in [0.4, 0.5) is 4.79 Å². The molecule has 1 heterocycles. The maximum absolute atomic E-state index is 12.2. The van der Waals surface area contributed by atoms with E-state index >= 15 is 0 Å². The van der Waals surface area contributed by atoms with Crippen LogP contribution in [-0.2, 0) is 9.31 Å². The summed E-state index contributed by atoms with van der Waals surface area (Å²) in [5.41, 5.74) is -0.106. The third kappa shape index (κ3) is 5.60. The van der Waals surface area contributed by atoms with Crippen molar-refractivity contribution >= 4 is 18.7 Å². The summed E-state index contributed by atoms with van der Waals surface area (Å²) in [5, 5.41) is 9.99. The van der Waals surface area contributed by atoms with Gasteiger partial charge in [0.15, 0.2) is 0 Å². The molecule has 1 aliphatic rings. The minimum atomic E-state index is -0.933. The fourth-order valence-corrected chi connectivity index (χ4v) is 4.62. The number of rotatable bonds is 7. The van der Waals surface area contributed by atoms with Crippen molar-refractivity contribution in [3.63, 3.8) is 0 Å². The normalized spacial score (nSPS) is 19.7. The van der Waals surface area contributed by atoms with Gasteiger partial charge in [0, 0.05) is 5.54 Å². The van der Waals surface area contributed by atoms with E-state index in [1.54, 1.807) is 0 Å². The van der Waals surface area contributed by atoms with E-state index in [2.05, 4.69) is 13.8 Å². The molecule has 1 aliphatic heterocycles. The fraction of sp³-hybridized carbons (Fsp3) is 0.720. The number of hydrogen-bond donors (Lipinski definition) is 1. The first kappa shape index (κ1) is 26.5. The molecule has 0 aliphatic carbocycles. The van der Waals surface area contributed by atoms with Crippen LogP contribution in [0.2, 0.25) is 0 Å². The van der Waals surface area contributed by atoms with Gasteiger partial charge < -0.3 is 19.2 Å². The molecule has 1 amide bonds. The molecule has 32 heavy (non-hydrogen) atoms. The maximum atomic E-state index is 12.2. The maximum Gasteiger partial charge on any atom is 0.494 e. The molecule has 1 saturated heterocycles. The Kier molecular flexibility index (Phi) is 7.38. The number of ether oxygens (including phenoxy) is 1. The van der Waals surface area contributed by atoms with E-state index in [4.69, 9.17) is 14.0 Å². The molecule has 1 aromatic carbocycles. The molecule has 180 valence electrons. The molecular formula is C25H42BNO5. The van der Waals surface area contributed by atoms with Crippen molar-refractivity contribution in [1.82, 2.24) is 4.90 Å². The molecule has 1 N–H and O–H groups in total. The second kappa shape index (κ2) is 8.90. The summed E-state index contributed by atoms with van der Waals surface area (Å²) in [6.07, 6.45) is -0.237. The molecular weight excluding hydrogens is 405 g/mol. The zero-order valence-electron chi connectivity index (χ0n) is 21.8. The van der Waals surface area contributed by atoms with Crippen molar-refractivity contribution in [2.24, 2.45) is 5.92 Å². The smallest absolute Gasteiger partial charge is 0.491 e. The van der Waals surface area contributed by atoms with E-state index in [1.807, 2.05) is 80.5 Å². The highest BCUT2D eigenvalue weighted by Crippen LogP contribution is 2.37. The first-order valence-electron chi connectivity index (χ1n) is 11.5. The van der Waals surface area contributed by atoms with Crippen LogP contribution >= 0.6 is 0 Å². The van der Waals surface area contributed by atoms with Crippen LogP contribution in [0.15, 0.2) is 18.2 Å². The number of benzene rings is 1. The molecule has 6 nitrogen and oxygen atoms in total. The Morgan fingerprint density at radius 1 is 1.12 bits per heavy atom. The molecule has 7 heteroatoms. The number of amides is 1. The predicted molar refractivity (Wildman–Crippen MR) is 130 cm³/mol. The highest BCUT2D eigenvalue weighted by atomic mass is 16.7. The standard InChI is InChI=1S/C25H42BNO5/c1-17(2)15-25(11,27(21(28)29)22(4,5)6)16-30-20-13-12-19(14-18(20)3)26-31-23(7,8)24(9,10)32-26/h12-14,17H,15-16H2,1-11H3,(H,28,29). The number of hydrogen-bond acceptors (Lipinski definition) is 4. The SMILES string of the molecule is Cc1cc(B2OC(C)(C)C(C)(C)O2)ccc1OCC(C)(CC(C)C)N(C(=O)O)C(C)(C)C. The molecule has 0 radical (unpaired) electrons. The van der Waals surface area contributed by atoms with Crippen LogP contribution in [-0.4, -0.2) is 52.1 Å². The largest absolute Gasteiger partial charge is 0.494 e. The van der Waals surface area contributed by atoms with Crippen LogP contribution < -0.4 is 10.2 Å². The lowest BCUT2D eigenvalue weighted by molar-refractivity contribution is -0.0109. The third-order valence-electron chi connectivity index (χ3n) is 6.51. The average molecular weight is 447 g/mol. The molecule has 0 bridgehead atoms. The molecule has 1 fully saturated rings. The molecule has 1 unspecified atom stereocenters. The molecule has 2 rings (SSSR count). The quantitative estimate of drug-likeness (QED) is 0.578. The van der Waals surface area contributed by atoms with Crippen LogP contribution in [0.1, 0.15) is 81.2 Å². The molecule has 0 saturated carbocycles. The van der Waals surface area contributed by atoms with Gasteiger partial charge >= 0.3 is 13.2 Å². The Bertz CT molecular complexity index is 814. The van der Waals surface area contributed by atoms with Gasteiger partial charge in [0.05, 0.1) is 16.7 Å². The van der Waals surface area contributed by atoms with Crippen LogP contribution in [0.3, 0.4) is 0 Å². The number of carbonyl (C=O) groups is 1. The zero-order chi connectivity index (χ0) is 24.7. The minimum Gasteiger partial charge on any atom is -0.491 e. The highest BCUT2D eigenvalue weighted by molar-refractivity contribution is 6.62. The Balaban J connectivity index is 2.25. The number of aryl methyl sites for hydroxylation is 1. The van der Waals surface area contributed by atoms with Crippen molar-refractivity contribution in [2.45, 2.75) is 105 Å². The monoisotopic (exact) mass is 447 g/mol. The minimum absolute atomic E-state index is 0.269. The van der Waals surface area contributed by atoms with Crippen molar-refractivity contribution in [2.75, 3.05) is 6.61 Å². The lowest BCUT2D eigenvalue weighted by Gasteiger charge is -2.47. The lowest BCUT2D eigenvalue weighted by Crippen LogP contribution is -2.61. The zero-order valence-corrected chi connectivity index (χ0v) is 21.8. The van der Waals surface area contributed by atoms with Gasteiger partial charge in [0.2, 0.25) is 0 Å². The van der Waals surface area contributed by atoms with Gasteiger partial charge in [0.25, 0.3) is 0 Å². The van der Waals surface area contributed by atoms with Crippen molar-refractivity contribution in [3.05, 3.63) is 23.8 Å². The van der Waals surface area contributed by atoms with Gasteiger partial charge in [-0.1, -0.05) is 26.0 Å². The second-order valence-electron chi connectivity index (χ2n) is 11.8. The van der Waals surface area contributed by atoms with E-state index in [9.17, 15) is 9.90 Å². The first-order valence-corrected chi connectivity index (χ1v) is 11.5. The van der Waals surface area contributed by atoms with Gasteiger partial charge in [-0.15, -0.1) is 0 Å². The van der Waals surface area contributed by atoms with Crippen molar-refractivity contribution in [3.8, 4) is 5.75 Å². The van der Waals surface area contributed by atoms with E-state index in [0.29, 0.717) is 12.3 Å². The van der Waals surface area contributed by atoms with Gasteiger partial charge in [-0.05, 0) is 91.7 Å². The fourth-order valence-electron chi connectivity index (χ4n) is 4.62. The summed E-state index contributed by atoms with van der Waals surface area (Å²) in [7, 11) is -0.428. The van der Waals surface area contributed by atoms with Crippen LogP contribution in [0.25, 0.3) is 0 Å². The van der Waals surface area contributed by atoms with Gasteiger partial charge in [-0.2, -0.15) is 0 Å². The predicted octanol–water partition coefficient (Wildman–Crippen LogP) is 5.26. The molecule has 0 aromatic heterocycles. The lowest BCUT2D eigenvalue weighted by atomic mass is 9.78. The number of nitrogens with zero attached hydrogens (tertiary/aromatic N) is 1. The summed E-state index contributed by atoms with van der Waals surface area (Å²) in [4.78, 5) is 13.7. The molecule has 0 spiro atoms. The Hall–Kier alpha value is -1.73. The van der Waals surface area contributed by atoms with Crippen molar-refractivity contribution in [1.29, 1.82) is 0 Å². The summed E-state index contributed by atoms with van der Waals surface area (Å²) >= 11 is 0. The van der Waals surface area contributed by atoms with Gasteiger partial charge in [-0.3, -0.25) is 4.90 Å². The Morgan fingerprint density at radius 2 is 1.66 bits per heavy atom. The average Bonchev–Trinajstić information content (AvgIpc) is 2.79. The van der Waals surface area contributed by atoms with E-state index in [1.165, 1.54) is 4.90 Å². The molecule has 1 aromatic rings. The second-order valence-corrected chi connectivity index (χ2v) is 11.8.